The largest absolute Gasteiger partial charge is 0.416 e. The van der Waals surface area contributed by atoms with Crippen molar-refractivity contribution in [1.82, 2.24) is 5.32 Å². The second kappa shape index (κ2) is 7.59. The van der Waals surface area contributed by atoms with E-state index in [1.807, 2.05) is 32.9 Å². The van der Waals surface area contributed by atoms with Crippen LogP contribution >= 0.6 is 0 Å². The molecule has 0 bridgehead atoms. The van der Waals surface area contributed by atoms with Gasteiger partial charge in [0.2, 0.25) is 5.91 Å². The summed E-state index contributed by atoms with van der Waals surface area (Å²) in [7, 11) is 0. The zero-order chi connectivity index (χ0) is 19.5. The molecule has 0 aliphatic rings. The Balaban J connectivity index is 1.96. The highest BCUT2D eigenvalue weighted by atomic mass is 19.4. The van der Waals surface area contributed by atoms with E-state index in [1.165, 1.54) is 0 Å². The molecule has 0 aliphatic heterocycles. The molecule has 0 heterocycles. The van der Waals surface area contributed by atoms with Gasteiger partial charge in [0.05, 0.1) is 12.1 Å². The molecule has 0 fully saturated rings. The summed E-state index contributed by atoms with van der Waals surface area (Å²) in [6, 6.07) is 7.67. The van der Waals surface area contributed by atoms with Gasteiger partial charge in [0.15, 0.2) is 0 Å². The van der Waals surface area contributed by atoms with Crippen LogP contribution in [-0.4, -0.2) is 18.4 Å². The van der Waals surface area contributed by atoms with Gasteiger partial charge in [-0.15, -0.1) is 0 Å². The van der Waals surface area contributed by atoms with Crippen LogP contribution in [0, 0.1) is 20.8 Å². The third-order valence-electron chi connectivity index (χ3n) is 3.83. The number of carbonyl (C=O) groups is 2. The maximum atomic E-state index is 12.5. The van der Waals surface area contributed by atoms with Crippen LogP contribution in [-0.2, 0) is 11.0 Å². The van der Waals surface area contributed by atoms with Crippen LogP contribution in [0.15, 0.2) is 36.4 Å². The molecule has 7 heteroatoms. The Morgan fingerprint density at radius 1 is 0.962 bits per heavy atom. The Morgan fingerprint density at radius 3 is 2.00 bits per heavy atom. The van der Waals surface area contributed by atoms with Gasteiger partial charge in [-0.05, 0) is 56.2 Å². The van der Waals surface area contributed by atoms with Crippen molar-refractivity contribution in [3.8, 4) is 0 Å². The van der Waals surface area contributed by atoms with Crippen LogP contribution in [0.4, 0.5) is 18.9 Å². The molecule has 0 aliphatic carbocycles. The molecule has 2 aromatic rings. The van der Waals surface area contributed by atoms with Gasteiger partial charge in [-0.25, -0.2) is 0 Å². The Kier molecular flexibility index (Phi) is 5.69. The quantitative estimate of drug-likeness (QED) is 0.862. The van der Waals surface area contributed by atoms with Gasteiger partial charge in [0, 0.05) is 11.3 Å². The number of halogens is 3. The summed E-state index contributed by atoms with van der Waals surface area (Å²) in [4.78, 5) is 24.0. The molecule has 0 saturated carbocycles. The molecule has 2 aromatic carbocycles. The first-order valence-corrected chi connectivity index (χ1v) is 7.91. The van der Waals surface area contributed by atoms with E-state index in [0.717, 1.165) is 41.0 Å². The first kappa shape index (κ1) is 19.5. The summed E-state index contributed by atoms with van der Waals surface area (Å²) >= 11 is 0. The summed E-state index contributed by atoms with van der Waals surface area (Å²) < 4.78 is 37.6. The minimum atomic E-state index is -4.46. The van der Waals surface area contributed by atoms with Crippen LogP contribution < -0.4 is 10.6 Å². The zero-order valence-electron chi connectivity index (χ0n) is 14.6. The summed E-state index contributed by atoms with van der Waals surface area (Å²) in [5, 5.41) is 5.13. The second-order valence-corrected chi connectivity index (χ2v) is 6.08. The highest BCUT2D eigenvalue weighted by Gasteiger charge is 2.30. The molecule has 2 rings (SSSR count). The van der Waals surface area contributed by atoms with Gasteiger partial charge in [-0.1, -0.05) is 17.7 Å². The first-order chi connectivity index (χ1) is 12.1. The third kappa shape index (κ3) is 4.84. The number of benzene rings is 2. The topological polar surface area (TPSA) is 58.2 Å². The van der Waals surface area contributed by atoms with Gasteiger partial charge in [-0.2, -0.15) is 13.2 Å². The number of nitrogens with one attached hydrogen (secondary N) is 2. The van der Waals surface area contributed by atoms with Crippen molar-refractivity contribution in [1.29, 1.82) is 0 Å². The zero-order valence-corrected chi connectivity index (χ0v) is 14.6. The van der Waals surface area contributed by atoms with Crippen molar-refractivity contribution >= 4 is 17.5 Å². The maximum Gasteiger partial charge on any atom is 0.416 e. The molecular weight excluding hydrogens is 345 g/mol. The Morgan fingerprint density at radius 2 is 1.50 bits per heavy atom. The molecule has 0 radical (unpaired) electrons. The van der Waals surface area contributed by atoms with Gasteiger partial charge >= 0.3 is 6.18 Å². The molecule has 4 nitrogen and oxygen atoms in total. The lowest BCUT2D eigenvalue weighted by Gasteiger charge is -2.13. The number of aryl methyl sites for hydroxylation is 3. The maximum absolute atomic E-state index is 12.5. The number of carbonyl (C=O) groups excluding carboxylic acids is 2. The van der Waals surface area contributed by atoms with E-state index in [2.05, 4.69) is 10.6 Å². The van der Waals surface area contributed by atoms with E-state index in [-0.39, 0.29) is 12.1 Å². The number of amides is 2. The molecule has 0 atom stereocenters. The predicted molar refractivity (Wildman–Crippen MR) is 93.1 cm³/mol. The molecule has 0 aromatic heterocycles. The normalized spacial score (nSPS) is 11.2. The Hall–Kier alpha value is -2.83. The number of rotatable bonds is 4. The highest BCUT2D eigenvalue weighted by Crippen LogP contribution is 2.29. The average Bonchev–Trinajstić information content (AvgIpc) is 2.55. The minimum absolute atomic E-state index is 0.0495. The summed E-state index contributed by atoms with van der Waals surface area (Å²) in [6.07, 6.45) is -4.46. The molecule has 138 valence electrons. The third-order valence-corrected chi connectivity index (χ3v) is 3.83. The van der Waals surface area contributed by atoms with Crippen molar-refractivity contribution in [2.45, 2.75) is 26.9 Å². The van der Waals surface area contributed by atoms with E-state index in [9.17, 15) is 22.8 Å². The van der Waals surface area contributed by atoms with E-state index in [1.54, 1.807) is 0 Å². The number of hydrogen-bond acceptors (Lipinski definition) is 2. The molecule has 2 N–H and O–H groups in total. The molecule has 0 spiro atoms. The highest BCUT2D eigenvalue weighted by molar-refractivity contribution is 5.99. The monoisotopic (exact) mass is 364 g/mol. The lowest BCUT2D eigenvalue weighted by Crippen LogP contribution is -2.33. The fourth-order valence-electron chi connectivity index (χ4n) is 2.63. The summed E-state index contributed by atoms with van der Waals surface area (Å²) in [5.41, 5.74) is 2.79. The van der Waals surface area contributed by atoms with E-state index in [4.69, 9.17) is 0 Å². The summed E-state index contributed by atoms with van der Waals surface area (Å²) in [6.45, 7) is 5.41. The van der Waals surface area contributed by atoms with Crippen molar-refractivity contribution in [2.75, 3.05) is 11.9 Å². The fourth-order valence-corrected chi connectivity index (χ4v) is 2.63. The van der Waals surface area contributed by atoms with Crippen LogP contribution in [0.2, 0.25) is 0 Å². The minimum Gasteiger partial charge on any atom is -0.343 e. The van der Waals surface area contributed by atoms with E-state index < -0.39 is 23.6 Å². The van der Waals surface area contributed by atoms with Crippen molar-refractivity contribution in [3.05, 3.63) is 64.2 Å². The predicted octanol–water partition coefficient (Wildman–Crippen LogP) is 4.00. The SMILES string of the molecule is Cc1cc(C)c(NC(=O)CNC(=O)c2ccc(C(F)(F)F)cc2)c(C)c1. The number of alkyl halides is 3. The van der Waals surface area contributed by atoms with E-state index >= 15 is 0 Å². The molecule has 26 heavy (non-hydrogen) atoms. The van der Waals surface area contributed by atoms with Crippen molar-refractivity contribution < 1.29 is 22.8 Å². The standard InChI is InChI=1S/C19H19F3N2O2/c1-11-8-12(2)17(13(3)9-11)24-16(25)10-23-18(26)14-4-6-15(7-5-14)19(20,21)22/h4-9H,10H2,1-3H3,(H,23,26)(H,24,25). The van der Waals surface area contributed by atoms with Crippen molar-refractivity contribution in [2.24, 2.45) is 0 Å². The lowest BCUT2D eigenvalue weighted by atomic mass is 10.1. The Labute approximate surface area is 149 Å². The van der Waals surface area contributed by atoms with Crippen LogP contribution in [0.3, 0.4) is 0 Å². The van der Waals surface area contributed by atoms with Crippen LogP contribution in [0.1, 0.15) is 32.6 Å². The van der Waals surface area contributed by atoms with Gasteiger partial charge in [0.25, 0.3) is 5.91 Å². The molecular formula is C19H19F3N2O2. The number of hydrogen-bond donors (Lipinski definition) is 2. The van der Waals surface area contributed by atoms with Crippen molar-refractivity contribution in [3.63, 3.8) is 0 Å². The molecule has 0 saturated heterocycles. The van der Waals surface area contributed by atoms with Gasteiger partial charge in [-0.3, -0.25) is 9.59 Å². The molecule has 0 unspecified atom stereocenters. The average molecular weight is 364 g/mol. The number of anilines is 1. The van der Waals surface area contributed by atoms with Gasteiger partial charge < -0.3 is 10.6 Å². The van der Waals surface area contributed by atoms with Crippen LogP contribution in [0.5, 0.6) is 0 Å². The van der Waals surface area contributed by atoms with Gasteiger partial charge in [0.1, 0.15) is 0 Å². The smallest absolute Gasteiger partial charge is 0.343 e. The fraction of sp³-hybridized carbons (Fsp3) is 0.263. The second-order valence-electron chi connectivity index (χ2n) is 6.08. The molecule has 2 amide bonds. The first-order valence-electron chi connectivity index (χ1n) is 7.91. The lowest BCUT2D eigenvalue weighted by molar-refractivity contribution is -0.137. The summed E-state index contributed by atoms with van der Waals surface area (Å²) in [5.74, 6) is -1.04. The van der Waals surface area contributed by atoms with E-state index in [0.29, 0.717) is 5.69 Å². The Bertz CT molecular complexity index is 805. The van der Waals surface area contributed by atoms with Crippen LogP contribution in [0.25, 0.3) is 0 Å².